The highest BCUT2D eigenvalue weighted by atomic mass is 35.5. The molecule has 0 saturated heterocycles. The fourth-order valence-electron chi connectivity index (χ4n) is 4.69. The number of fused-ring (bicyclic) bond motifs is 1. The minimum absolute atomic E-state index is 0.0893. The van der Waals surface area contributed by atoms with Crippen LogP contribution in [0.2, 0.25) is 10.0 Å². The molecule has 3 N–H and O–H groups in total. The smallest absolute Gasteiger partial charge is 0.323 e. The molecular formula is C30H34Cl2N4O4. The Kier molecular flexibility index (Phi) is 9.92. The van der Waals surface area contributed by atoms with Gasteiger partial charge in [-0.2, -0.15) is 0 Å². The zero-order valence-corrected chi connectivity index (χ0v) is 24.2. The first-order valence-electron chi connectivity index (χ1n) is 13.1. The number of para-hydroxylation sites is 2. The molecule has 40 heavy (non-hydrogen) atoms. The lowest BCUT2D eigenvalue weighted by Crippen LogP contribution is -2.49. The van der Waals surface area contributed by atoms with Crippen molar-refractivity contribution in [3.05, 3.63) is 87.9 Å². The van der Waals surface area contributed by atoms with Crippen molar-refractivity contribution in [2.45, 2.75) is 32.5 Å². The first-order valence-corrected chi connectivity index (χ1v) is 13.9. The molecule has 3 aromatic rings. The average Bonchev–Trinajstić information content (AvgIpc) is 2.93. The van der Waals surface area contributed by atoms with Gasteiger partial charge >= 0.3 is 6.03 Å². The van der Waals surface area contributed by atoms with E-state index in [4.69, 9.17) is 27.9 Å². The van der Waals surface area contributed by atoms with Crippen LogP contribution in [-0.4, -0.2) is 65.7 Å². The molecule has 0 saturated carbocycles. The number of urea groups is 1. The fourth-order valence-corrected chi connectivity index (χ4v) is 5.01. The molecule has 0 radical (unpaired) electrons. The van der Waals surface area contributed by atoms with Crippen LogP contribution in [0, 0.1) is 5.92 Å². The van der Waals surface area contributed by atoms with E-state index in [1.54, 1.807) is 41.3 Å². The lowest BCUT2D eigenvalue weighted by atomic mass is 9.99. The summed E-state index contributed by atoms with van der Waals surface area (Å²) in [6.45, 7) is 5.19. The number of carbonyl (C=O) groups is 2. The molecule has 0 spiro atoms. The summed E-state index contributed by atoms with van der Waals surface area (Å²) in [6.07, 6.45) is -0.340. The number of rotatable bonds is 8. The second kappa shape index (κ2) is 13.4. The van der Waals surface area contributed by atoms with Gasteiger partial charge in [-0.3, -0.25) is 9.69 Å². The van der Waals surface area contributed by atoms with E-state index in [-0.39, 0.29) is 24.5 Å². The number of ether oxygens (including phenoxy) is 1. The number of anilines is 2. The molecule has 4 rings (SSSR count). The van der Waals surface area contributed by atoms with Gasteiger partial charge in [-0.15, -0.1) is 0 Å². The Morgan fingerprint density at radius 3 is 2.55 bits per heavy atom. The van der Waals surface area contributed by atoms with Crippen LogP contribution in [0.3, 0.4) is 0 Å². The molecule has 3 amide bonds. The zero-order chi connectivity index (χ0) is 28.8. The molecular weight excluding hydrogens is 551 g/mol. The predicted octanol–water partition coefficient (Wildman–Crippen LogP) is 5.99. The van der Waals surface area contributed by atoms with E-state index in [2.05, 4.69) is 15.5 Å². The van der Waals surface area contributed by atoms with E-state index in [1.165, 1.54) is 0 Å². The number of nitrogens with one attached hydrogen (secondary N) is 2. The van der Waals surface area contributed by atoms with E-state index in [1.807, 2.05) is 51.2 Å². The second-order valence-corrected chi connectivity index (χ2v) is 11.0. The molecule has 1 heterocycles. The van der Waals surface area contributed by atoms with Crippen LogP contribution in [0.15, 0.2) is 66.7 Å². The number of benzene rings is 3. The molecule has 0 unspecified atom stereocenters. The Bertz CT molecular complexity index is 1340. The zero-order valence-electron chi connectivity index (χ0n) is 22.7. The summed E-state index contributed by atoms with van der Waals surface area (Å²) >= 11 is 12.3. The highest BCUT2D eigenvalue weighted by Gasteiger charge is 2.34. The Hall–Kier alpha value is -3.30. The van der Waals surface area contributed by atoms with Crippen molar-refractivity contribution in [2.24, 2.45) is 5.92 Å². The molecule has 3 aromatic carbocycles. The number of hydrogen-bond donors (Lipinski definition) is 3. The van der Waals surface area contributed by atoms with E-state index >= 15 is 0 Å². The number of amides is 3. The number of hydrogen-bond acceptors (Lipinski definition) is 5. The summed E-state index contributed by atoms with van der Waals surface area (Å²) in [5.74, 6) is -0.0583. The molecule has 212 valence electrons. The lowest BCUT2D eigenvalue weighted by Gasteiger charge is -2.38. The van der Waals surface area contributed by atoms with Gasteiger partial charge in [0.2, 0.25) is 0 Å². The topological polar surface area (TPSA) is 94.1 Å². The third-order valence-electron chi connectivity index (χ3n) is 6.90. The molecule has 8 nitrogen and oxygen atoms in total. The molecule has 10 heteroatoms. The molecule has 0 aromatic heterocycles. The van der Waals surface area contributed by atoms with Gasteiger partial charge in [0.15, 0.2) is 5.75 Å². The first kappa shape index (κ1) is 29.7. The number of nitrogens with zero attached hydrogens (tertiary/aromatic N) is 2. The molecule has 0 aliphatic carbocycles. The van der Waals surface area contributed by atoms with Crippen molar-refractivity contribution in [2.75, 3.05) is 37.4 Å². The maximum Gasteiger partial charge on any atom is 0.323 e. The normalized spacial score (nSPS) is 17.9. The summed E-state index contributed by atoms with van der Waals surface area (Å²) in [6, 6.07) is 18.9. The van der Waals surface area contributed by atoms with Gasteiger partial charge in [-0.1, -0.05) is 60.5 Å². The highest BCUT2D eigenvalue weighted by Crippen LogP contribution is 2.35. The van der Waals surface area contributed by atoms with Crippen LogP contribution in [0.1, 0.15) is 29.8 Å². The predicted molar refractivity (Wildman–Crippen MR) is 159 cm³/mol. The minimum Gasteiger partial charge on any atom is -0.486 e. The van der Waals surface area contributed by atoms with Crippen LogP contribution < -0.4 is 15.4 Å². The molecule has 0 fully saturated rings. The number of aliphatic hydroxyl groups is 1. The summed E-state index contributed by atoms with van der Waals surface area (Å²) in [4.78, 5) is 30.3. The van der Waals surface area contributed by atoms with Gasteiger partial charge in [0.1, 0.15) is 6.10 Å². The summed E-state index contributed by atoms with van der Waals surface area (Å²) < 4.78 is 6.57. The van der Waals surface area contributed by atoms with E-state index in [0.717, 1.165) is 5.56 Å². The minimum atomic E-state index is -0.459. The van der Waals surface area contributed by atoms with E-state index in [0.29, 0.717) is 52.4 Å². The summed E-state index contributed by atoms with van der Waals surface area (Å²) in [5.41, 5.74) is 2.33. The van der Waals surface area contributed by atoms with Crippen LogP contribution in [0.5, 0.6) is 5.75 Å². The van der Waals surface area contributed by atoms with Gasteiger partial charge < -0.3 is 25.4 Å². The Balaban J connectivity index is 1.63. The number of aliphatic hydroxyl groups excluding tert-OH is 1. The van der Waals surface area contributed by atoms with Crippen molar-refractivity contribution in [1.82, 2.24) is 9.80 Å². The monoisotopic (exact) mass is 584 g/mol. The average molecular weight is 586 g/mol. The van der Waals surface area contributed by atoms with Gasteiger partial charge in [-0.25, -0.2) is 4.79 Å². The van der Waals surface area contributed by atoms with E-state index in [9.17, 15) is 14.7 Å². The van der Waals surface area contributed by atoms with Crippen molar-refractivity contribution in [1.29, 1.82) is 0 Å². The van der Waals surface area contributed by atoms with Gasteiger partial charge in [0.05, 0.1) is 33.9 Å². The van der Waals surface area contributed by atoms with Crippen molar-refractivity contribution < 1.29 is 19.4 Å². The largest absolute Gasteiger partial charge is 0.486 e. The van der Waals surface area contributed by atoms with E-state index < -0.39 is 12.1 Å². The van der Waals surface area contributed by atoms with Gasteiger partial charge in [0, 0.05) is 31.2 Å². The van der Waals surface area contributed by atoms with Gasteiger partial charge in [-0.05, 0) is 55.9 Å². The number of halogens is 2. The summed E-state index contributed by atoms with van der Waals surface area (Å²) in [5, 5.41) is 16.6. The van der Waals surface area contributed by atoms with Crippen molar-refractivity contribution >= 4 is 46.5 Å². The van der Waals surface area contributed by atoms with Crippen LogP contribution in [-0.2, 0) is 6.54 Å². The maximum absolute atomic E-state index is 13.7. The first-order chi connectivity index (χ1) is 19.2. The molecule has 1 aliphatic rings. The second-order valence-electron chi connectivity index (χ2n) is 10.2. The fraction of sp³-hybridized carbons (Fsp3) is 0.333. The highest BCUT2D eigenvalue weighted by molar-refractivity contribution is 6.42. The lowest BCUT2D eigenvalue weighted by molar-refractivity contribution is 0.0343. The van der Waals surface area contributed by atoms with Crippen molar-refractivity contribution in [3.63, 3.8) is 0 Å². The van der Waals surface area contributed by atoms with Crippen molar-refractivity contribution in [3.8, 4) is 5.75 Å². The number of likely N-dealkylation sites (N-methyl/N-ethyl adjacent to an activating group) is 1. The third kappa shape index (κ3) is 7.26. The Morgan fingerprint density at radius 2 is 1.85 bits per heavy atom. The van der Waals surface area contributed by atoms with Crippen LogP contribution in [0.25, 0.3) is 0 Å². The van der Waals surface area contributed by atoms with Crippen LogP contribution >= 0.6 is 23.2 Å². The quantitative estimate of drug-likeness (QED) is 0.302. The third-order valence-corrected chi connectivity index (χ3v) is 7.64. The Morgan fingerprint density at radius 1 is 1.10 bits per heavy atom. The maximum atomic E-state index is 13.7. The van der Waals surface area contributed by atoms with Crippen LogP contribution in [0.4, 0.5) is 16.2 Å². The SMILES string of the molecule is C[C@@H]1CN([C@@H](C)CO)C(=O)c2cccc(NC(=O)Nc3ccccc3)c2O[C@H]1CN(C)Cc1ccc(Cl)c(Cl)c1. The standard InChI is InChI=1S/C30H34Cl2N4O4/c1-19-15-36(20(2)18-37)29(38)23-10-7-11-26(34-30(39)33-22-8-5-4-6-9-22)28(23)40-27(19)17-35(3)16-21-12-13-24(31)25(32)14-21/h4-14,19-20,27,37H,15-18H2,1-3H3,(H2,33,34,39)/t19-,20+,27+/m1/s1. The summed E-state index contributed by atoms with van der Waals surface area (Å²) in [7, 11) is 1.98. The molecule has 3 atom stereocenters. The number of carbonyl (C=O) groups excluding carboxylic acids is 2. The molecule has 1 aliphatic heterocycles. The molecule has 0 bridgehead atoms. The van der Waals surface area contributed by atoms with Gasteiger partial charge in [0.25, 0.3) is 5.91 Å². The Labute approximate surface area is 244 Å².